The molecule has 0 aliphatic carbocycles. The van der Waals surface area contributed by atoms with Gasteiger partial charge in [0.1, 0.15) is 0 Å². The van der Waals surface area contributed by atoms with Crippen molar-refractivity contribution in [3.8, 4) is 0 Å². The molecule has 1 unspecified atom stereocenters. The van der Waals surface area contributed by atoms with Crippen molar-refractivity contribution in [2.75, 3.05) is 13.1 Å². The summed E-state index contributed by atoms with van der Waals surface area (Å²) in [6, 6.07) is 11.5. The highest BCUT2D eigenvalue weighted by atomic mass is 32.2. The van der Waals surface area contributed by atoms with Gasteiger partial charge in [-0.15, -0.1) is 0 Å². The average Bonchev–Trinajstić information content (AvgIpc) is 3.12. The second-order valence-corrected chi connectivity index (χ2v) is 8.25. The third-order valence-corrected chi connectivity index (χ3v) is 5.94. The number of rotatable bonds is 6. The van der Waals surface area contributed by atoms with Crippen LogP contribution in [0.25, 0.3) is 0 Å². The zero-order valence-corrected chi connectivity index (χ0v) is 13.9. The van der Waals surface area contributed by atoms with E-state index >= 15 is 0 Å². The topological polar surface area (TPSA) is 49.4 Å². The van der Waals surface area contributed by atoms with Gasteiger partial charge in [-0.3, -0.25) is 4.90 Å². The number of nitrogens with zero attached hydrogens (tertiary/aromatic N) is 1. The van der Waals surface area contributed by atoms with E-state index in [1.165, 1.54) is 5.56 Å². The lowest BCUT2D eigenvalue weighted by atomic mass is 10.2. The van der Waals surface area contributed by atoms with Gasteiger partial charge >= 0.3 is 0 Å². The van der Waals surface area contributed by atoms with E-state index in [4.69, 9.17) is 0 Å². The number of sulfonamides is 1. The first-order valence-corrected chi connectivity index (χ1v) is 9.97. The van der Waals surface area contributed by atoms with Crippen molar-refractivity contribution in [1.82, 2.24) is 9.62 Å². The Morgan fingerprint density at radius 3 is 2.73 bits per heavy atom. The minimum atomic E-state index is -3.28. The predicted molar refractivity (Wildman–Crippen MR) is 90.2 cm³/mol. The van der Waals surface area contributed by atoms with E-state index < -0.39 is 10.0 Å². The van der Waals surface area contributed by atoms with Gasteiger partial charge in [0.15, 0.2) is 0 Å². The molecular formula is C16H20N2O2S2. The lowest BCUT2D eigenvalue weighted by molar-refractivity contribution is 0.325. The average molecular weight is 336 g/mol. The Morgan fingerprint density at radius 2 is 2.00 bits per heavy atom. The highest BCUT2D eigenvalue weighted by molar-refractivity contribution is 7.88. The second kappa shape index (κ2) is 6.91. The van der Waals surface area contributed by atoms with E-state index in [1.54, 1.807) is 11.3 Å². The van der Waals surface area contributed by atoms with Crippen molar-refractivity contribution in [3.63, 3.8) is 0 Å². The lowest BCUT2D eigenvalue weighted by Gasteiger charge is -2.16. The fourth-order valence-electron chi connectivity index (χ4n) is 2.80. The number of nitrogens with one attached hydrogen (secondary N) is 1. The van der Waals surface area contributed by atoms with E-state index in [0.717, 1.165) is 31.6 Å². The van der Waals surface area contributed by atoms with E-state index in [1.807, 2.05) is 30.3 Å². The predicted octanol–water partition coefficient (Wildman–Crippen LogP) is 2.44. The van der Waals surface area contributed by atoms with Gasteiger partial charge in [0.2, 0.25) is 10.0 Å². The highest BCUT2D eigenvalue weighted by Gasteiger charge is 2.26. The first-order valence-electron chi connectivity index (χ1n) is 7.38. The van der Waals surface area contributed by atoms with Crippen LogP contribution < -0.4 is 4.72 Å². The van der Waals surface area contributed by atoms with Crippen LogP contribution >= 0.6 is 11.3 Å². The van der Waals surface area contributed by atoms with E-state index in [0.29, 0.717) is 0 Å². The molecule has 1 saturated heterocycles. The molecule has 1 N–H and O–H groups in total. The second-order valence-electron chi connectivity index (χ2n) is 5.71. The van der Waals surface area contributed by atoms with E-state index in [2.05, 4.69) is 26.4 Å². The molecule has 6 heteroatoms. The number of thiophene rings is 1. The van der Waals surface area contributed by atoms with Gasteiger partial charge in [-0.1, -0.05) is 30.3 Å². The van der Waals surface area contributed by atoms with Gasteiger partial charge in [0, 0.05) is 25.7 Å². The summed E-state index contributed by atoms with van der Waals surface area (Å²) in [6.07, 6.45) is 0.873. The summed E-state index contributed by atoms with van der Waals surface area (Å²) in [6.45, 7) is 2.62. The summed E-state index contributed by atoms with van der Waals surface area (Å²) < 4.78 is 27.3. The van der Waals surface area contributed by atoms with Crippen LogP contribution in [0, 0.1) is 0 Å². The smallest absolute Gasteiger partial charge is 0.216 e. The number of hydrogen-bond acceptors (Lipinski definition) is 4. The Balaban J connectivity index is 1.53. The molecule has 2 aromatic rings. The van der Waals surface area contributed by atoms with E-state index in [9.17, 15) is 8.42 Å². The molecule has 0 bridgehead atoms. The number of benzene rings is 1. The minimum absolute atomic E-state index is 0.0207. The third kappa shape index (κ3) is 4.39. The summed E-state index contributed by atoms with van der Waals surface area (Å²) in [5.74, 6) is 0.0505. The van der Waals surface area contributed by atoms with Gasteiger partial charge in [0.25, 0.3) is 0 Å². The Morgan fingerprint density at radius 1 is 1.18 bits per heavy atom. The lowest BCUT2D eigenvalue weighted by Crippen LogP contribution is -2.37. The quantitative estimate of drug-likeness (QED) is 0.881. The van der Waals surface area contributed by atoms with Crippen LogP contribution in [0.1, 0.15) is 17.5 Å². The third-order valence-electron chi connectivity index (χ3n) is 3.80. The van der Waals surface area contributed by atoms with Crippen molar-refractivity contribution in [2.24, 2.45) is 0 Å². The van der Waals surface area contributed by atoms with Gasteiger partial charge in [-0.2, -0.15) is 11.3 Å². The standard InChI is InChI=1S/C16H20N2O2S2/c19-22(20,13-14-4-2-1-3-5-14)17-16-6-8-18(11-16)10-15-7-9-21-12-15/h1-5,7,9,12,16-17H,6,8,10-11,13H2. The SMILES string of the molecule is O=S(=O)(Cc1ccccc1)NC1CCN(Cc2ccsc2)C1. The number of hydrogen-bond donors (Lipinski definition) is 1. The normalized spacial score (nSPS) is 19.5. The van der Waals surface area contributed by atoms with Crippen molar-refractivity contribution >= 4 is 21.4 Å². The first kappa shape index (κ1) is 15.7. The fourth-order valence-corrected chi connectivity index (χ4v) is 4.88. The van der Waals surface area contributed by atoms with Crippen LogP contribution in [0.4, 0.5) is 0 Å². The molecule has 1 aliphatic rings. The molecule has 0 saturated carbocycles. The Kier molecular flexibility index (Phi) is 4.93. The van der Waals surface area contributed by atoms with Crippen molar-refractivity contribution < 1.29 is 8.42 Å². The van der Waals surface area contributed by atoms with Crippen LogP contribution in [0.3, 0.4) is 0 Å². The van der Waals surface area contributed by atoms with Crippen LogP contribution in [0.15, 0.2) is 47.2 Å². The van der Waals surface area contributed by atoms with Crippen LogP contribution in [0.5, 0.6) is 0 Å². The highest BCUT2D eigenvalue weighted by Crippen LogP contribution is 2.16. The summed E-state index contributed by atoms with van der Waals surface area (Å²) in [7, 11) is -3.28. The largest absolute Gasteiger partial charge is 0.297 e. The molecule has 2 heterocycles. The van der Waals surface area contributed by atoms with Gasteiger partial charge < -0.3 is 0 Å². The van der Waals surface area contributed by atoms with Crippen LogP contribution in [-0.4, -0.2) is 32.4 Å². The molecule has 118 valence electrons. The first-order chi connectivity index (χ1) is 10.6. The summed E-state index contributed by atoms with van der Waals surface area (Å²) >= 11 is 1.70. The Labute approximate surface area is 135 Å². The molecule has 0 radical (unpaired) electrons. The molecule has 22 heavy (non-hydrogen) atoms. The minimum Gasteiger partial charge on any atom is -0.297 e. The zero-order chi connectivity index (χ0) is 15.4. The van der Waals surface area contributed by atoms with Crippen LogP contribution in [-0.2, 0) is 22.3 Å². The Hall–Kier alpha value is -1.21. The molecular weight excluding hydrogens is 316 g/mol. The monoisotopic (exact) mass is 336 g/mol. The molecule has 1 fully saturated rings. The molecule has 1 atom stereocenters. The fraction of sp³-hybridized carbons (Fsp3) is 0.375. The Bertz CT molecular complexity index is 684. The molecule has 0 amide bonds. The van der Waals surface area contributed by atoms with E-state index in [-0.39, 0.29) is 11.8 Å². The van der Waals surface area contributed by atoms with Gasteiger partial charge in [-0.25, -0.2) is 13.1 Å². The number of likely N-dealkylation sites (tertiary alicyclic amines) is 1. The van der Waals surface area contributed by atoms with Gasteiger partial charge in [0.05, 0.1) is 5.75 Å². The molecule has 1 aromatic carbocycles. The molecule has 0 spiro atoms. The maximum Gasteiger partial charge on any atom is 0.216 e. The summed E-state index contributed by atoms with van der Waals surface area (Å²) in [5, 5.41) is 4.22. The maximum absolute atomic E-state index is 12.3. The summed E-state index contributed by atoms with van der Waals surface area (Å²) in [4.78, 5) is 2.30. The molecule has 4 nitrogen and oxygen atoms in total. The maximum atomic E-state index is 12.3. The van der Waals surface area contributed by atoms with Crippen molar-refractivity contribution in [3.05, 3.63) is 58.3 Å². The van der Waals surface area contributed by atoms with Crippen LogP contribution in [0.2, 0.25) is 0 Å². The summed E-state index contributed by atoms with van der Waals surface area (Å²) in [5.41, 5.74) is 2.13. The zero-order valence-electron chi connectivity index (χ0n) is 12.3. The van der Waals surface area contributed by atoms with Crippen molar-refractivity contribution in [1.29, 1.82) is 0 Å². The van der Waals surface area contributed by atoms with Gasteiger partial charge in [-0.05, 0) is 34.4 Å². The molecule has 1 aliphatic heterocycles. The molecule has 3 rings (SSSR count). The molecule has 1 aromatic heterocycles. The van der Waals surface area contributed by atoms with Crippen molar-refractivity contribution in [2.45, 2.75) is 24.8 Å².